The van der Waals surface area contributed by atoms with E-state index in [9.17, 15) is 0 Å². The molecule has 4 heteroatoms. The third-order valence-electron chi connectivity index (χ3n) is 3.60. The molecule has 0 saturated heterocycles. The fourth-order valence-corrected chi connectivity index (χ4v) is 2.03. The monoisotopic (exact) mass is 207 g/mol. The third-order valence-corrected chi connectivity index (χ3v) is 3.60. The molecule has 2 fully saturated rings. The van der Waals surface area contributed by atoms with Gasteiger partial charge in [0.05, 0.1) is 6.04 Å². The molecule has 0 bridgehead atoms. The Bertz CT molecular complexity index is 322. The molecule has 0 amide bonds. The van der Waals surface area contributed by atoms with Gasteiger partial charge in [0, 0.05) is 5.92 Å². The van der Waals surface area contributed by atoms with Gasteiger partial charge in [-0.3, -0.25) is 0 Å². The van der Waals surface area contributed by atoms with Crippen LogP contribution >= 0.6 is 0 Å². The third kappa shape index (κ3) is 1.78. The largest absolute Gasteiger partial charge is 0.339 e. The van der Waals surface area contributed by atoms with Gasteiger partial charge in [-0.2, -0.15) is 4.98 Å². The van der Waals surface area contributed by atoms with Crippen molar-refractivity contribution in [2.24, 2.45) is 17.6 Å². The Hall–Kier alpha value is -0.900. The van der Waals surface area contributed by atoms with E-state index in [0.29, 0.717) is 17.7 Å². The quantitative estimate of drug-likeness (QED) is 0.820. The molecular weight excluding hydrogens is 190 g/mol. The van der Waals surface area contributed by atoms with Crippen molar-refractivity contribution in [3.05, 3.63) is 11.7 Å². The Morgan fingerprint density at radius 1 is 1.27 bits per heavy atom. The van der Waals surface area contributed by atoms with Crippen LogP contribution < -0.4 is 5.73 Å². The molecule has 2 unspecified atom stereocenters. The summed E-state index contributed by atoms with van der Waals surface area (Å²) in [6.45, 7) is 2.16. The van der Waals surface area contributed by atoms with Gasteiger partial charge in [0.15, 0.2) is 5.82 Å². The van der Waals surface area contributed by atoms with Gasteiger partial charge in [-0.05, 0) is 37.5 Å². The summed E-state index contributed by atoms with van der Waals surface area (Å²) in [6, 6.07) is -0.00565. The number of aromatic nitrogens is 2. The van der Waals surface area contributed by atoms with Crippen LogP contribution in [0.3, 0.4) is 0 Å². The molecule has 3 rings (SSSR count). The first kappa shape index (κ1) is 9.33. The smallest absolute Gasteiger partial charge is 0.229 e. The summed E-state index contributed by atoms with van der Waals surface area (Å²) in [4.78, 5) is 4.43. The highest BCUT2D eigenvalue weighted by Gasteiger charge is 2.35. The normalized spacial score (nSPS) is 25.2. The first-order valence-corrected chi connectivity index (χ1v) is 5.85. The van der Waals surface area contributed by atoms with Crippen LogP contribution in [0.1, 0.15) is 56.3 Å². The lowest BCUT2D eigenvalue weighted by Gasteiger charge is -2.03. The Morgan fingerprint density at radius 3 is 2.53 bits per heavy atom. The molecule has 15 heavy (non-hydrogen) atoms. The van der Waals surface area contributed by atoms with Crippen LogP contribution in [0.5, 0.6) is 0 Å². The van der Waals surface area contributed by atoms with Crippen LogP contribution in [0.2, 0.25) is 0 Å². The molecule has 2 saturated carbocycles. The van der Waals surface area contributed by atoms with E-state index in [4.69, 9.17) is 10.3 Å². The van der Waals surface area contributed by atoms with Crippen LogP contribution in [0.4, 0.5) is 0 Å². The Morgan fingerprint density at radius 2 is 1.93 bits per heavy atom. The van der Waals surface area contributed by atoms with Crippen molar-refractivity contribution in [1.82, 2.24) is 10.1 Å². The van der Waals surface area contributed by atoms with Crippen molar-refractivity contribution in [3.8, 4) is 0 Å². The molecule has 0 aromatic carbocycles. The van der Waals surface area contributed by atoms with E-state index in [1.165, 1.54) is 25.7 Å². The second-order valence-corrected chi connectivity index (χ2v) is 4.98. The predicted molar refractivity (Wildman–Crippen MR) is 55.1 cm³/mol. The molecule has 1 aromatic heterocycles. The van der Waals surface area contributed by atoms with E-state index < -0.39 is 0 Å². The van der Waals surface area contributed by atoms with Crippen molar-refractivity contribution in [3.63, 3.8) is 0 Å². The molecule has 0 radical (unpaired) electrons. The topological polar surface area (TPSA) is 64.9 Å². The SMILES string of the molecule is CC(c1nc(C(N)C2CC2)no1)C1CC1. The van der Waals surface area contributed by atoms with E-state index >= 15 is 0 Å². The minimum Gasteiger partial charge on any atom is -0.339 e. The molecule has 2 aliphatic carbocycles. The van der Waals surface area contributed by atoms with Crippen molar-refractivity contribution >= 4 is 0 Å². The summed E-state index contributed by atoms with van der Waals surface area (Å²) in [5.41, 5.74) is 6.02. The van der Waals surface area contributed by atoms with Crippen LogP contribution in [-0.4, -0.2) is 10.1 Å². The van der Waals surface area contributed by atoms with E-state index in [-0.39, 0.29) is 6.04 Å². The second kappa shape index (κ2) is 3.30. The van der Waals surface area contributed by atoms with Gasteiger partial charge >= 0.3 is 0 Å². The zero-order valence-electron chi connectivity index (χ0n) is 9.02. The molecule has 4 nitrogen and oxygen atoms in total. The van der Waals surface area contributed by atoms with Gasteiger partial charge in [0.2, 0.25) is 5.89 Å². The molecule has 0 spiro atoms. The lowest BCUT2D eigenvalue weighted by atomic mass is 10.1. The molecule has 1 heterocycles. The Kier molecular flexibility index (Phi) is 2.06. The van der Waals surface area contributed by atoms with Crippen molar-refractivity contribution in [2.75, 3.05) is 0 Å². The van der Waals surface area contributed by atoms with Gasteiger partial charge in [0.1, 0.15) is 0 Å². The number of hydrogen-bond donors (Lipinski definition) is 1. The molecule has 1 aromatic rings. The summed E-state index contributed by atoms with van der Waals surface area (Å²) < 4.78 is 5.29. The second-order valence-electron chi connectivity index (χ2n) is 4.98. The lowest BCUT2D eigenvalue weighted by molar-refractivity contribution is 0.342. The number of nitrogens with two attached hydrogens (primary N) is 1. The molecule has 2 aliphatic rings. The minimum atomic E-state index is -0.00565. The molecule has 2 N–H and O–H groups in total. The fraction of sp³-hybridized carbons (Fsp3) is 0.818. The van der Waals surface area contributed by atoms with Gasteiger partial charge in [-0.1, -0.05) is 12.1 Å². The number of hydrogen-bond acceptors (Lipinski definition) is 4. The average Bonchev–Trinajstić information content (AvgIpc) is 3.11. The zero-order chi connectivity index (χ0) is 10.4. The first-order chi connectivity index (χ1) is 7.25. The minimum absolute atomic E-state index is 0.00565. The molecule has 82 valence electrons. The fourth-order valence-electron chi connectivity index (χ4n) is 2.03. The molecule has 0 aliphatic heterocycles. The van der Waals surface area contributed by atoms with Crippen molar-refractivity contribution in [1.29, 1.82) is 0 Å². The van der Waals surface area contributed by atoms with E-state index in [0.717, 1.165) is 11.8 Å². The van der Waals surface area contributed by atoms with Crippen molar-refractivity contribution in [2.45, 2.75) is 44.6 Å². The van der Waals surface area contributed by atoms with Gasteiger partial charge in [-0.15, -0.1) is 0 Å². The van der Waals surface area contributed by atoms with Gasteiger partial charge in [0.25, 0.3) is 0 Å². The van der Waals surface area contributed by atoms with Crippen molar-refractivity contribution < 1.29 is 4.52 Å². The highest BCUT2D eigenvalue weighted by molar-refractivity contribution is 5.04. The van der Waals surface area contributed by atoms with Crippen LogP contribution in [0.25, 0.3) is 0 Å². The van der Waals surface area contributed by atoms with Crippen LogP contribution in [-0.2, 0) is 0 Å². The molecular formula is C11H17N3O. The predicted octanol–water partition coefficient (Wildman–Crippen LogP) is 1.99. The summed E-state index contributed by atoms with van der Waals surface area (Å²) in [5.74, 6) is 3.25. The maximum absolute atomic E-state index is 6.02. The summed E-state index contributed by atoms with van der Waals surface area (Å²) >= 11 is 0. The summed E-state index contributed by atoms with van der Waals surface area (Å²) in [6.07, 6.45) is 5.02. The van der Waals surface area contributed by atoms with E-state index in [1.54, 1.807) is 0 Å². The maximum Gasteiger partial charge on any atom is 0.229 e. The standard InChI is InChI=1S/C11H17N3O/c1-6(7-2-3-7)11-13-10(14-15-11)9(12)8-4-5-8/h6-9H,2-5,12H2,1H3. The maximum atomic E-state index is 6.02. The average molecular weight is 207 g/mol. The van der Waals surface area contributed by atoms with Crippen LogP contribution in [0.15, 0.2) is 4.52 Å². The number of nitrogens with zero attached hydrogens (tertiary/aromatic N) is 2. The highest BCUT2D eigenvalue weighted by Crippen LogP contribution is 2.42. The Labute approximate surface area is 89.2 Å². The van der Waals surface area contributed by atoms with Crippen LogP contribution in [0, 0.1) is 11.8 Å². The number of rotatable bonds is 4. The van der Waals surface area contributed by atoms with E-state index in [2.05, 4.69) is 17.1 Å². The van der Waals surface area contributed by atoms with E-state index in [1.807, 2.05) is 0 Å². The summed E-state index contributed by atoms with van der Waals surface area (Å²) in [7, 11) is 0. The Balaban J connectivity index is 1.74. The van der Waals surface area contributed by atoms with Gasteiger partial charge < -0.3 is 10.3 Å². The highest BCUT2D eigenvalue weighted by atomic mass is 16.5. The molecule has 2 atom stereocenters. The first-order valence-electron chi connectivity index (χ1n) is 5.85. The summed E-state index contributed by atoms with van der Waals surface area (Å²) in [5, 5.41) is 4.00. The zero-order valence-corrected chi connectivity index (χ0v) is 9.02. The van der Waals surface area contributed by atoms with Gasteiger partial charge in [-0.25, -0.2) is 0 Å². The lowest BCUT2D eigenvalue weighted by Crippen LogP contribution is -2.14.